The number of aromatic nitrogens is 3. The van der Waals surface area contributed by atoms with Gasteiger partial charge in [0.05, 0.1) is 0 Å². The van der Waals surface area contributed by atoms with Crippen molar-refractivity contribution in [1.29, 1.82) is 0 Å². The molecule has 0 atom stereocenters. The van der Waals surface area contributed by atoms with Crippen molar-refractivity contribution in [2.24, 2.45) is 11.3 Å². The molecule has 1 N–H and O–H groups in total. The van der Waals surface area contributed by atoms with Crippen molar-refractivity contribution < 1.29 is 0 Å². The van der Waals surface area contributed by atoms with E-state index in [0.717, 1.165) is 38.3 Å². The molecule has 0 aromatic carbocycles. The lowest BCUT2D eigenvalue weighted by molar-refractivity contribution is 0.0950. The lowest BCUT2D eigenvalue weighted by Crippen LogP contribution is -2.57. The molecule has 90 valence electrons. The Hall–Kier alpha value is -0.900. The average Bonchev–Trinajstić information content (AvgIpc) is 2.59. The minimum Gasteiger partial charge on any atom is -0.315 e. The SMILES string of the molecule is CCCn1ncnc1CC1(C(C)C)CNC1. The quantitative estimate of drug-likeness (QED) is 0.820. The summed E-state index contributed by atoms with van der Waals surface area (Å²) in [6.45, 7) is 10.0. The van der Waals surface area contributed by atoms with Gasteiger partial charge in [-0.05, 0) is 12.3 Å². The van der Waals surface area contributed by atoms with Gasteiger partial charge in [0.15, 0.2) is 0 Å². The van der Waals surface area contributed by atoms with Crippen molar-refractivity contribution in [3.63, 3.8) is 0 Å². The molecule has 0 amide bonds. The van der Waals surface area contributed by atoms with Crippen molar-refractivity contribution in [1.82, 2.24) is 20.1 Å². The Morgan fingerprint density at radius 1 is 1.50 bits per heavy atom. The fourth-order valence-corrected chi connectivity index (χ4v) is 2.32. The minimum atomic E-state index is 0.401. The Balaban J connectivity index is 2.10. The van der Waals surface area contributed by atoms with Crippen molar-refractivity contribution in [2.75, 3.05) is 13.1 Å². The molecule has 0 radical (unpaired) electrons. The van der Waals surface area contributed by atoms with E-state index in [4.69, 9.17) is 0 Å². The van der Waals surface area contributed by atoms with Crippen molar-refractivity contribution in [3.05, 3.63) is 12.2 Å². The van der Waals surface area contributed by atoms with E-state index in [1.165, 1.54) is 0 Å². The van der Waals surface area contributed by atoms with E-state index >= 15 is 0 Å². The number of hydrogen-bond acceptors (Lipinski definition) is 3. The predicted molar refractivity (Wildman–Crippen MR) is 64.2 cm³/mol. The first-order chi connectivity index (χ1) is 7.68. The van der Waals surface area contributed by atoms with E-state index in [2.05, 4.69) is 40.9 Å². The van der Waals surface area contributed by atoms with Crippen LogP contribution in [-0.2, 0) is 13.0 Å². The van der Waals surface area contributed by atoms with Crippen LogP contribution in [0, 0.1) is 11.3 Å². The number of rotatable bonds is 5. The van der Waals surface area contributed by atoms with Gasteiger partial charge in [-0.1, -0.05) is 20.8 Å². The van der Waals surface area contributed by atoms with Gasteiger partial charge in [0.25, 0.3) is 0 Å². The fraction of sp³-hybridized carbons (Fsp3) is 0.833. The molecule has 4 nitrogen and oxygen atoms in total. The van der Waals surface area contributed by atoms with Gasteiger partial charge in [-0.3, -0.25) is 4.68 Å². The normalized spacial score (nSPS) is 18.8. The van der Waals surface area contributed by atoms with Crippen molar-refractivity contribution in [2.45, 2.75) is 40.2 Å². The standard InChI is InChI=1S/C12H22N4/c1-4-5-16-11(14-9-15-16)6-12(10(2)3)7-13-8-12/h9-10,13H,4-8H2,1-3H3. The first-order valence-corrected chi connectivity index (χ1v) is 6.25. The summed E-state index contributed by atoms with van der Waals surface area (Å²) in [5.41, 5.74) is 0.401. The van der Waals surface area contributed by atoms with Gasteiger partial charge in [0.2, 0.25) is 0 Å². The van der Waals surface area contributed by atoms with Crippen LogP contribution in [0.5, 0.6) is 0 Å². The summed E-state index contributed by atoms with van der Waals surface area (Å²) in [5, 5.41) is 7.68. The maximum Gasteiger partial charge on any atom is 0.138 e. The third kappa shape index (κ3) is 1.98. The van der Waals surface area contributed by atoms with Gasteiger partial charge in [-0.25, -0.2) is 4.98 Å². The molecule has 2 heterocycles. The summed E-state index contributed by atoms with van der Waals surface area (Å²) >= 11 is 0. The summed E-state index contributed by atoms with van der Waals surface area (Å²) in [7, 11) is 0. The highest BCUT2D eigenvalue weighted by Crippen LogP contribution is 2.35. The molecule has 1 fully saturated rings. The zero-order valence-electron chi connectivity index (χ0n) is 10.5. The van der Waals surface area contributed by atoms with Gasteiger partial charge < -0.3 is 5.32 Å². The predicted octanol–water partition coefficient (Wildman–Crippen LogP) is 1.48. The van der Waals surface area contributed by atoms with E-state index < -0.39 is 0 Å². The van der Waals surface area contributed by atoms with Crippen LogP contribution < -0.4 is 5.32 Å². The van der Waals surface area contributed by atoms with E-state index in [0.29, 0.717) is 11.3 Å². The topological polar surface area (TPSA) is 42.7 Å². The van der Waals surface area contributed by atoms with E-state index in [1.54, 1.807) is 6.33 Å². The summed E-state index contributed by atoms with van der Waals surface area (Å²) in [6, 6.07) is 0. The molecular formula is C12H22N4. The molecule has 1 aliphatic heterocycles. The highest BCUT2D eigenvalue weighted by Gasteiger charge is 2.40. The van der Waals surface area contributed by atoms with Gasteiger partial charge in [-0.2, -0.15) is 5.10 Å². The van der Waals surface area contributed by atoms with Gasteiger partial charge in [0, 0.05) is 31.5 Å². The highest BCUT2D eigenvalue weighted by molar-refractivity contribution is 5.02. The third-order valence-corrected chi connectivity index (χ3v) is 3.82. The van der Waals surface area contributed by atoms with Crippen molar-refractivity contribution >= 4 is 0 Å². The number of nitrogens with one attached hydrogen (secondary N) is 1. The molecule has 1 saturated heterocycles. The average molecular weight is 222 g/mol. The summed E-state index contributed by atoms with van der Waals surface area (Å²) < 4.78 is 2.06. The van der Waals surface area contributed by atoms with Crippen LogP contribution in [0.3, 0.4) is 0 Å². The highest BCUT2D eigenvalue weighted by atomic mass is 15.3. The maximum atomic E-state index is 4.41. The fourth-order valence-electron chi connectivity index (χ4n) is 2.32. The van der Waals surface area contributed by atoms with Crippen LogP contribution in [0.25, 0.3) is 0 Å². The second-order valence-corrected chi connectivity index (χ2v) is 5.20. The molecule has 0 unspecified atom stereocenters. The van der Waals surface area contributed by atoms with Gasteiger partial charge >= 0.3 is 0 Å². The molecular weight excluding hydrogens is 200 g/mol. The molecule has 2 rings (SSSR count). The second-order valence-electron chi connectivity index (χ2n) is 5.20. The van der Waals surface area contributed by atoms with E-state index in [-0.39, 0.29) is 0 Å². The monoisotopic (exact) mass is 222 g/mol. The molecule has 1 aromatic rings. The maximum absolute atomic E-state index is 4.41. The molecule has 0 aliphatic carbocycles. The Kier molecular flexibility index (Phi) is 3.28. The van der Waals surface area contributed by atoms with Gasteiger partial charge in [-0.15, -0.1) is 0 Å². The number of hydrogen-bond donors (Lipinski definition) is 1. The zero-order valence-corrected chi connectivity index (χ0v) is 10.5. The summed E-state index contributed by atoms with van der Waals surface area (Å²) in [4.78, 5) is 4.41. The van der Waals surface area contributed by atoms with Crippen LogP contribution in [0.2, 0.25) is 0 Å². The Labute approximate surface area is 97.5 Å². The lowest BCUT2D eigenvalue weighted by Gasteiger charge is -2.46. The third-order valence-electron chi connectivity index (χ3n) is 3.82. The Morgan fingerprint density at radius 3 is 2.75 bits per heavy atom. The van der Waals surface area contributed by atoms with Crippen LogP contribution in [0.1, 0.15) is 33.0 Å². The zero-order chi connectivity index (χ0) is 11.6. The smallest absolute Gasteiger partial charge is 0.138 e. The lowest BCUT2D eigenvalue weighted by atomic mass is 9.69. The van der Waals surface area contributed by atoms with Crippen LogP contribution in [0.4, 0.5) is 0 Å². The largest absolute Gasteiger partial charge is 0.315 e. The summed E-state index contributed by atoms with van der Waals surface area (Å²) in [6.07, 6.45) is 3.85. The van der Waals surface area contributed by atoms with Crippen LogP contribution >= 0.6 is 0 Å². The molecule has 0 saturated carbocycles. The Morgan fingerprint density at radius 2 is 2.25 bits per heavy atom. The first kappa shape index (κ1) is 11.6. The molecule has 0 spiro atoms. The Bertz CT molecular complexity index is 339. The molecule has 4 heteroatoms. The number of nitrogens with zero attached hydrogens (tertiary/aromatic N) is 3. The molecule has 1 aromatic heterocycles. The molecule has 0 bridgehead atoms. The first-order valence-electron chi connectivity index (χ1n) is 6.25. The van der Waals surface area contributed by atoms with Crippen LogP contribution in [0.15, 0.2) is 6.33 Å². The molecule has 1 aliphatic rings. The van der Waals surface area contributed by atoms with E-state index in [1.807, 2.05) is 0 Å². The van der Waals surface area contributed by atoms with E-state index in [9.17, 15) is 0 Å². The number of aryl methyl sites for hydroxylation is 1. The second kappa shape index (κ2) is 4.53. The van der Waals surface area contributed by atoms with Crippen LogP contribution in [-0.4, -0.2) is 27.9 Å². The van der Waals surface area contributed by atoms with Crippen molar-refractivity contribution in [3.8, 4) is 0 Å². The summed E-state index contributed by atoms with van der Waals surface area (Å²) in [5.74, 6) is 1.84. The molecule has 16 heavy (non-hydrogen) atoms. The minimum absolute atomic E-state index is 0.401. The van der Waals surface area contributed by atoms with Gasteiger partial charge in [0.1, 0.15) is 12.2 Å².